The van der Waals surface area contributed by atoms with Crippen molar-refractivity contribution in [3.63, 3.8) is 0 Å². The Kier molecular flexibility index (Phi) is 1.82. The molecule has 0 amide bonds. The summed E-state index contributed by atoms with van der Waals surface area (Å²) in [6, 6.07) is 0. The monoisotopic (exact) mass is 125 g/mol. The van der Waals surface area contributed by atoms with Crippen LogP contribution < -0.4 is 5.32 Å². The molecular formula is C6H11N3. The molecule has 1 aliphatic heterocycles. The lowest BCUT2D eigenvalue weighted by Crippen LogP contribution is -2.13. The molecule has 0 bridgehead atoms. The van der Waals surface area contributed by atoms with Gasteiger partial charge in [0.15, 0.2) is 0 Å². The van der Waals surface area contributed by atoms with Crippen LogP contribution in [0.4, 0.5) is 0 Å². The Morgan fingerprint density at radius 2 is 2.44 bits per heavy atom. The molecule has 0 spiro atoms. The molecule has 0 atom stereocenters. The average Bonchev–Trinajstić information content (AvgIpc) is 2.34. The van der Waals surface area contributed by atoms with Crippen molar-refractivity contribution in [3.8, 4) is 0 Å². The number of aliphatic imine (C=N–C) groups is 2. The van der Waals surface area contributed by atoms with Gasteiger partial charge in [-0.05, 0) is 6.42 Å². The van der Waals surface area contributed by atoms with Crippen molar-refractivity contribution in [3.05, 3.63) is 0 Å². The summed E-state index contributed by atoms with van der Waals surface area (Å²) < 4.78 is 0. The summed E-state index contributed by atoms with van der Waals surface area (Å²) in [5.41, 5.74) is 1.17. The molecule has 1 N–H and O–H groups in total. The third kappa shape index (κ3) is 1.28. The van der Waals surface area contributed by atoms with E-state index in [-0.39, 0.29) is 0 Å². The fraction of sp³-hybridized carbons (Fsp3) is 0.667. The van der Waals surface area contributed by atoms with E-state index in [0.717, 1.165) is 18.9 Å². The van der Waals surface area contributed by atoms with Gasteiger partial charge in [-0.25, -0.2) is 9.98 Å². The highest BCUT2D eigenvalue weighted by molar-refractivity contribution is 6.02. The van der Waals surface area contributed by atoms with Crippen molar-refractivity contribution in [2.24, 2.45) is 9.98 Å². The Bertz CT molecular complexity index is 158. The Hall–Kier alpha value is -0.860. The number of hydrogen-bond donors (Lipinski definition) is 1. The molecule has 1 heterocycles. The summed E-state index contributed by atoms with van der Waals surface area (Å²) in [5.74, 6) is 0.770. The zero-order valence-electron chi connectivity index (χ0n) is 5.81. The molecule has 0 saturated heterocycles. The molecule has 0 unspecified atom stereocenters. The molecule has 0 fully saturated rings. The van der Waals surface area contributed by atoms with E-state index in [0.29, 0.717) is 0 Å². The van der Waals surface area contributed by atoms with Gasteiger partial charge in [0, 0.05) is 12.8 Å². The van der Waals surface area contributed by atoms with Gasteiger partial charge in [-0.2, -0.15) is 0 Å². The molecular weight excluding hydrogens is 114 g/mol. The van der Waals surface area contributed by atoms with E-state index in [1.807, 2.05) is 7.05 Å². The van der Waals surface area contributed by atoms with Crippen LogP contribution >= 0.6 is 0 Å². The highest BCUT2D eigenvalue weighted by Gasteiger charge is 2.04. The highest BCUT2D eigenvalue weighted by atomic mass is 15.1. The smallest absolute Gasteiger partial charge is 0.218 e. The van der Waals surface area contributed by atoms with Crippen LogP contribution in [0.3, 0.4) is 0 Å². The number of hydrogen-bond acceptors (Lipinski definition) is 3. The highest BCUT2D eigenvalue weighted by Crippen LogP contribution is 1.95. The first-order chi connectivity index (χ1) is 4.36. The van der Waals surface area contributed by atoms with Crippen LogP contribution in [0.2, 0.25) is 0 Å². The molecule has 1 rings (SSSR count). The molecule has 9 heavy (non-hydrogen) atoms. The van der Waals surface area contributed by atoms with Crippen LogP contribution in [-0.4, -0.2) is 25.3 Å². The topological polar surface area (TPSA) is 36.8 Å². The zero-order valence-corrected chi connectivity index (χ0v) is 5.81. The van der Waals surface area contributed by atoms with Crippen molar-refractivity contribution < 1.29 is 0 Å². The molecule has 0 aromatic carbocycles. The van der Waals surface area contributed by atoms with Gasteiger partial charge in [0.05, 0.1) is 6.54 Å². The minimum Gasteiger partial charge on any atom is -0.358 e. The van der Waals surface area contributed by atoms with E-state index < -0.39 is 0 Å². The number of nitrogens with one attached hydrogen (secondary N) is 1. The van der Waals surface area contributed by atoms with Crippen LogP contribution in [0, 0.1) is 0 Å². The second kappa shape index (κ2) is 2.62. The predicted octanol–water partition coefficient (Wildman–Crippen LogP) is 0.426. The van der Waals surface area contributed by atoms with Gasteiger partial charge < -0.3 is 5.32 Å². The van der Waals surface area contributed by atoms with E-state index in [4.69, 9.17) is 0 Å². The van der Waals surface area contributed by atoms with Crippen LogP contribution in [0.1, 0.15) is 13.3 Å². The van der Waals surface area contributed by atoms with Gasteiger partial charge in [0.1, 0.15) is 0 Å². The molecule has 0 aromatic heterocycles. The van der Waals surface area contributed by atoms with Crippen molar-refractivity contribution in [2.75, 3.05) is 13.6 Å². The molecule has 3 nitrogen and oxygen atoms in total. The lowest BCUT2D eigenvalue weighted by molar-refractivity contribution is 1.13. The van der Waals surface area contributed by atoms with E-state index in [2.05, 4.69) is 22.2 Å². The van der Waals surface area contributed by atoms with Crippen molar-refractivity contribution >= 4 is 11.7 Å². The zero-order chi connectivity index (χ0) is 6.69. The molecule has 0 aromatic rings. The molecule has 0 aliphatic carbocycles. The van der Waals surface area contributed by atoms with Crippen LogP contribution in [0.25, 0.3) is 0 Å². The summed E-state index contributed by atoms with van der Waals surface area (Å²) in [4.78, 5) is 8.29. The largest absolute Gasteiger partial charge is 0.358 e. The molecule has 0 saturated carbocycles. The third-order valence-corrected chi connectivity index (χ3v) is 1.31. The maximum atomic E-state index is 4.18. The maximum absolute atomic E-state index is 4.18. The van der Waals surface area contributed by atoms with Gasteiger partial charge in [-0.3, -0.25) is 0 Å². The molecule has 1 aliphatic rings. The predicted molar refractivity (Wildman–Crippen MR) is 39.1 cm³/mol. The normalized spacial score (nSPS) is 17.1. The minimum atomic E-state index is 0.770. The number of rotatable bonds is 1. The maximum Gasteiger partial charge on any atom is 0.218 e. The van der Waals surface area contributed by atoms with Gasteiger partial charge in [-0.15, -0.1) is 0 Å². The lowest BCUT2D eigenvalue weighted by Gasteiger charge is -1.89. The first kappa shape index (κ1) is 6.26. The summed E-state index contributed by atoms with van der Waals surface area (Å²) in [6.45, 7) is 2.87. The van der Waals surface area contributed by atoms with Crippen molar-refractivity contribution in [2.45, 2.75) is 13.3 Å². The standard InChI is InChI=1S/C6H11N3/c1-3-5-4-8-6(7-2)9-5/h3-4H2,1-2H3,(H,7,8). The average molecular weight is 125 g/mol. The molecule has 3 heteroatoms. The quantitative estimate of drug-likeness (QED) is 0.542. The number of guanidine groups is 1. The summed E-state index contributed by atoms with van der Waals surface area (Å²) in [6.07, 6.45) is 1.01. The minimum absolute atomic E-state index is 0.770. The summed E-state index contributed by atoms with van der Waals surface area (Å²) >= 11 is 0. The Morgan fingerprint density at radius 1 is 1.67 bits per heavy atom. The van der Waals surface area contributed by atoms with Crippen molar-refractivity contribution in [1.82, 2.24) is 5.32 Å². The van der Waals surface area contributed by atoms with E-state index >= 15 is 0 Å². The van der Waals surface area contributed by atoms with E-state index in [9.17, 15) is 0 Å². The fourth-order valence-corrected chi connectivity index (χ4v) is 0.712. The second-order valence-electron chi connectivity index (χ2n) is 1.92. The SMILES string of the molecule is CCC1=NC(NC)=NC1. The van der Waals surface area contributed by atoms with Gasteiger partial charge in [0.2, 0.25) is 5.96 Å². The first-order valence-corrected chi connectivity index (χ1v) is 3.15. The third-order valence-electron chi connectivity index (χ3n) is 1.31. The fourth-order valence-electron chi connectivity index (χ4n) is 0.712. The van der Waals surface area contributed by atoms with E-state index in [1.165, 1.54) is 5.71 Å². The lowest BCUT2D eigenvalue weighted by atomic mass is 10.3. The summed E-state index contributed by atoms with van der Waals surface area (Å²) in [7, 11) is 1.83. The number of nitrogens with zero attached hydrogens (tertiary/aromatic N) is 2. The van der Waals surface area contributed by atoms with Crippen LogP contribution in [0.15, 0.2) is 9.98 Å². The summed E-state index contributed by atoms with van der Waals surface area (Å²) in [5, 5.41) is 2.89. The van der Waals surface area contributed by atoms with Crippen LogP contribution in [-0.2, 0) is 0 Å². The van der Waals surface area contributed by atoms with Gasteiger partial charge >= 0.3 is 0 Å². The van der Waals surface area contributed by atoms with Crippen LogP contribution in [0.5, 0.6) is 0 Å². The first-order valence-electron chi connectivity index (χ1n) is 3.15. The Morgan fingerprint density at radius 3 is 2.78 bits per heavy atom. The molecule has 50 valence electrons. The Balaban J connectivity index is 2.52. The van der Waals surface area contributed by atoms with Crippen molar-refractivity contribution in [1.29, 1.82) is 0 Å². The molecule has 0 radical (unpaired) electrons. The van der Waals surface area contributed by atoms with Gasteiger partial charge in [0.25, 0.3) is 0 Å². The van der Waals surface area contributed by atoms with E-state index in [1.54, 1.807) is 0 Å². The Labute approximate surface area is 54.9 Å². The van der Waals surface area contributed by atoms with Gasteiger partial charge in [-0.1, -0.05) is 6.92 Å². The second-order valence-corrected chi connectivity index (χ2v) is 1.92.